The quantitative estimate of drug-likeness (QED) is 0.142. The van der Waals surface area contributed by atoms with Crippen molar-refractivity contribution in [2.75, 3.05) is 0 Å². The highest BCUT2D eigenvalue weighted by Gasteiger charge is 2.32. The van der Waals surface area contributed by atoms with Gasteiger partial charge in [-0.2, -0.15) is 0 Å². The van der Waals surface area contributed by atoms with Crippen molar-refractivity contribution in [2.24, 2.45) is 5.73 Å². The fraction of sp³-hybridized carbons (Fsp3) is 0.625. The molecule has 5 atom stereocenters. The Morgan fingerprint density at radius 3 is 1.83 bits per heavy atom. The van der Waals surface area contributed by atoms with Gasteiger partial charge in [0.25, 0.3) is 0 Å². The van der Waals surface area contributed by atoms with E-state index in [2.05, 4.69) is 10.6 Å². The van der Waals surface area contributed by atoms with Gasteiger partial charge in [0, 0.05) is 6.42 Å². The van der Waals surface area contributed by atoms with Crippen molar-refractivity contribution in [3.8, 4) is 0 Å². The molecule has 30 heavy (non-hydrogen) atoms. The Labute approximate surface area is 170 Å². The van der Waals surface area contributed by atoms with E-state index in [0.717, 1.165) is 6.92 Å². The summed E-state index contributed by atoms with van der Waals surface area (Å²) in [5.41, 5.74) is 5.52. The maximum Gasteiger partial charge on any atom is 0.326 e. The molecule has 0 heterocycles. The highest BCUT2D eigenvalue weighted by molar-refractivity contribution is 5.94. The average molecular weight is 434 g/mol. The molecule has 170 valence electrons. The first-order valence-electron chi connectivity index (χ1n) is 8.77. The van der Waals surface area contributed by atoms with Crippen LogP contribution in [-0.4, -0.2) is 86.3 Å². The van der Waals surface area contributed by atoms with E-state index in [-0.39, 0.29) is 12.8 Å². The van der Waals surface area contributed by atoms with Gasteiger partial charge < -0.3 is 42.1 Å². The van der Waals surface area contributed by atoms with Gasteiger partial charge in [-0.25, -0.2) is 4.79 Å². The van der Waals surface area contributed by atoms with Crippen molar-refractivity contribution in [2.45, 2.75) is 63.4 Å². The molecule has 14 nitrogen and oxygen atoms in total. The third-order valence-electron chi connectivity index (χ3n) is 3.81. The Morgan fingerprint density at radius 1 is 0.833 bits per heavy atom. The molecule has 0 aliphatic carbocycles. The molecule has 0 spiro atoms. The summed E-state index contributed by atoms with van der Waals surface area (Å²) in [6.45, 7) is 2.36. The minimum absolute atomic E-state index is 0.172. The van der Waals surface area contributed by atoms with Gasteiger partial charge in [0.2, 0.25) is 17.7 Å². The Balaban J connectivity index is 4.99. The van der Waals surface area contributed by atoms with Crippen LogP contribution in [0.3, 0.4) is 0 Å². The number of carboxylic acid groups (broad SMARTS) is 3. The van der Waals surface area contributed by atoms with Gasteiger partial charge in [-0.05, 0) is 20.3 Å². The van der Waals surface area contributed by atoms with Crippen molar-refractivity contribution in [3.05, 3.63) is 0 Å². The number of nitrogens with one attached hydrogen (secondary N) is 3. The zero-order valence-corrected chi connectivity index (χ0v) is 16.3. The molecule has 3 amide bonds. The summed E-state index contributed by atoms with van der Waals surface area (Å²) in [6.07, 6.45) is -2.95. The number of aliphatic hydroxyl groups is 1. The molecule has 0 rings (SSSR count). The second-order valence-electron chi connectivity index (χ2n) is 6.49. The number of carbonyl (C=O) groups excluding carboxylic acids is 3. The van der Waals surface area contributed by atoms with Gasteiger partial charge >= 0.3 is 17.9 Å². The van der Waals surface area contributed by atoms with E-state index < -0.39 is 72.3 Å². The van der Waals surface area contributed by atoms with Crippen LogP contribution in [0.1, 0.15) is 33.1 Å². The second kappa shape index (κ2) is 12.3. The maximum atomic E-state index is 12.2. The Bertz CT molecular complexity index is 681. The predicted octanol–water partition coefficient (Wildman–Crippen LogP) is -3.41. The molecule has 9 N–H and O–H groups in total. The molecule has 0 aromatic carbocycles. The number of aliphatic carboxylic acids is 3. The van der Waals surface area contributed by atoms with E-state index in [9.17, 15) is 33.9 Å². The smallest absolute Gasteiger partial charge is 0.326 e. The third kappa shape index (κ3) is 9.79. The van der Waals surface area contributed by atoms with Crippen molar-refractivity contribution < 1.29 is 49.2 Å². The van der Waals surface area contributed by atoms with Gasteiger partial charge in [-0.15, -0.1) is 0 Å². The van der Waals surface area contributed by atoms with E-state index >= 15 is 0 Å². The van der Waals surface area contributed by atoms with Gasteiger partial charge in [-0.1, -0.05) is 0 Å². The van der Waals surface area contributed by atoms with Crippen LogP contribution in [0.15, 0.2) is 0 Å². The minimum Gasteiger partial charge on any atom is -0.481 e. The fourth-order valence-electron chi connectivity index (χ4n) is 2.12. The summed E-state index contributed by atoms with van der Waals surface area (Å²) in [5.74, 6) is -7.17. The first-order chi connectivity index (χ1) is 13.8. The second-order valence-corrected chi connectivity index (χ2v) is 6.49. The van der Waals surface area contributed by atoms with Gasteiger partial charge in [-0.3, -0.25) is 24.0 Å². The number of carboxylic acids is 3. The van der Waals surface area contributed by atoms with Gasteiger partial charge in [0.1, 0.15) is 18.1 Å². The lowest BCUT2D eigenvalue weighted by Crippen LogP contribution is -2.59. The summed E-state index contributed by atoms with van der Waals surface area (Å²) < 4.78 is 0. The van der Waals surface area contributed by atoms with Gasteiger partial charge in [0.05, 0.1) is 18.6 Å². The first-order valence-corrected chi connectivity index (χ1v) is 8.77. The molecule has 0 radical (unpaired) electrons. The van der Waals surface area contributed by atoms with Crippen molar-refractivity contribution in [1.29, 1.82) is 0 Å². The van der Waals surface area contributed by atoms with Crippen LogP contribution in [-0.2, 0) is 28.8 Å². The fourth-order valence-corrected chi connectivity index (χ4v) is 2.12. The number of rotatable bonds is 13. The van der Waals surface area contributed by atoms with E-state index in [1.807, 2.05) is 5.32 Å². The Morgan fingerprint density at radius 2 is 1.40 bits per heavy atom. The van der Waals surface area contributed by atoms with E-state index in [4.69, 9.17) is 21.1 Å². The van der Waals surface area contributed by atoms with E-state index in [1.54, 1.807) is 0 Å². The van der Waals surface area contributed by atoms with Crippen LogP contribution < -0.4 is 21.7 Å². The normalized spacial score (nSPS) is 15.6. The SMILES string of the molecule is CC(NC(=O)C(N)CCC(=O)O)C(=O)NC(C(=O)NC(CC(=O)O)C(=O)O)C(C)O. The van der Waals surface area contributed by atoms with Crippen LogP contribution >= 0.6 is 0 Å². The Hall–Kier alpha value is -3.26. The molecule has 0 aliphatic heterocycles. The Kier molecular flexibility index (Phi) is 11.0. The summed E-state index contributed by atoms with van der Waals surface area (Å²) in [6, 6.07) is -5.87. The summed E-state index contributed by atoms with van der Waals surface area (Å²) >= 11 is 0. The zero-order chi connectivity index (χ0) is 23.6. The van der Waals surface area contributed by atoms with Crippen LogP contribution in [0.5, 0.6) is 0 Å². The van der Waals surface area contributed by atoms with Crippen molar-refractivity contribution in [3.63, 3.8) is 0 Å². The monoisotopic (exact) mass is 434 g/mol. The lowest BCUT2D eigenvalue weighted by atomic mass is 10.1. The summed E-state index contributed by atoms with van der Waals surface area (Å²) in [7, 11) is 0. The molecule has 0 saturated heterocycles. The van der Waals surface area contributed by atoms with E-state index in [0.29, 0.717) is 0 Å². The highest BCUT2D eigenvalue weighted by Crippen LogP contribution is 2.00. The highest BCUT2D eigenvalue weighted by atomic mass is 16.4. The molecule has 14 heteroatoms. The molecule has 0 bridgehead atoms. The summed E-state index contributed by atoms with van der Waals surface area (Å²) in [4.78, 5) is 68.6. The lowest BCUT2D eigenvalue weighted by molar-refractivity contribution is -0.147. The average Bonchev–Trinajstić information content (AvgIpc) is 2.61. The number of hydrogen-bond donors (Lipinski definition) is 8. The third-order valence-corrected chi connectivity index (χ3v) is 3.81. The van der Waals surface area contributed by atoms with Crippen molar-refractivity contribution >= 4 is 35.6 Å². The standard InChI is InChI=1S/C16H26N4O10/c1-6(18-14(27)8(17)3-4-10(22)23)13(26)20-12(7(2)21)15(28)19-9(16(29)30)5-11(24)25/h6-9,12,21H,3-5,17H2,1-2H3,(H,18,27)(H,19,28)(H,20,26)(H,22,23)(H,24,25)(H,29,30). The number of aliphatic hydroxyl groups excluding tert-OH is 1. The summed E-state index contributed by atoms with van der Waals surface area (Å²) in [5, 5.41) is 42.2. The predicted molar refractivity (Wildman–Crippen MR) is 97.9 cm³/mol. The first kappa shape index (κ1) is 26.7. The molecule has 5 unspecified atom stereocenters. The van der Waals surface area contributed by atoms with E-state index in [1.165, 1.54) is 6.92 Å². The lowest BCUT2D eigenvalue weighted by Gasteiger charge is -2.25. The molecule has 0 aromatic heterocycles. The molecule has 0 aliphatic rings. The minimum atomic E-state index is -1.79. The number of amides is 3. The van der Waals surface area contributed by atoms with Crippen LogP contribution in [0.4, 0.5) is 0 Å². The zero-order valence-electron chi connectivity index (χ0n) is 16.3. The topological polar surface area (TPSA) is 245 Å². The number of nitrogens with two attached hydrogens (primary N) is 1. The molecule has 0 fully saturated rings. The number of carbonyl (C=O) groups is 6. The van der Waals surface area contributed by atoms with Crippen LogP contribution in [0, 0.1) is 0 Å². The maximum absolute atomic E-state index is 12.2. The van der Waals surface area contributed by atoms with Crippen LogP contribution in [0.2, 0.25) is 0 Å². The van der Waals surface area contributed by atoms with Crippen LogP contribution in [0.25, 0.3) is 0 Å². The molecular weight excluding hydrogens is 408 g/mol. The molecular formula is C16H26N4O10. The largest absolute Gasteiger partial charge is 0.481 e. The van der Waals surface area contributed by atoms with Gasteiger partial charge in [0.15, 0.2) is 0 Å². The number of hydrogen-bond acceptors (Lipinski definition) is 8. The molecule has 0 saturated carbocycles. The molecule has 0 aromatic rings. The van der Waals surface area contributed by atoms with Crippen molar-refractivity contribution in [1.82, 2.24) is 16.0 Å².